The van der Waals surface area contributed by atoms with Crippen molar-refractivity contribution in [3.8, 4) is 0 Å². The Hall–Kier alpha value is -0.970. The summed E-state index contributed by atoms with van der Waals surface area (Å²) in [5.41, 5.74) is 6.63. The molecule has 0 amide bonds. The van der Waals surface area contributed by atoms with Gasteiger partial charge < -0.3 is 35.4 Å². The largest absolute Gasteiger partial charge is 0.396 e. The van der Waals surface area contributed by atoms with Crippen LogP contribution >= 0.6 is 0 Å². The van der Waals surface area contributed by atoms with Gasteiger partial charge in [-0.2, -0.15) is 0 Å². The molecular weight excluding hydrogens is 334 g/mol. The summed E-state index contributed by atoms with van der Waals surface area (Å²) in [6, 6.07) is 0. The van der Waals surface area contributed by atoms with Crippen LogP contribution in [0.1, 0.15) is 20.8 Å². The first-order chi connectivity index (χ1) is 11.6. The van der Waals surface area contributed by atoms with E-state index in [2.05, 4.69) is 10.0 Å². The first-order valence-corrected chi connectivity index (χ1v) is 7.87. The summed E-state index contributed by atoms with van der Waals surface area (Å²) in [5.74, 6) is 0. The van der Waals surface area contributed by atoms with E-state index < -0.39 is 10.8 Å². The summed E-state index contributed by atoms with van der Waals surface area (Å²) in [5, 5.41) is 54.5. The number of ether oxygens (including phenoxy) is 1. The SMILES string of the molecule is CC(CO)(CO)CN=[N+]=[N-].CC(CO)(CO)CO.CC1(CO)COC1. The molecule has 0 saturated carbocycles. The number of aliphatic hydroxyl groups excluding tert-OH is 6. The highest BCUT2D eigenvalue weighted by Crippen LogP contribution is 2.24. The van der Waals surface area contributed by atoms with Gasteiger partial charge in [-0.1, -0.05) is 25.9 Å². The fourth-order valence-electron chi connectivity index (χ4n) is 1.04. The van der Waals surface area contributed by atoms with Gasteiger partial charge in [0.2, 0.25) is 0 Å². The number of hydrogen-bond donors (Lipinski definition) is 6. The van der Waals surface area contributed by atoms with E-state index >= 15 is 0 Å². The monoisotopic (exact) mass is 367 g/mol. The van der Waals surface area contributed by atoms with E-state index in [0.29, 0.717) is 0 Å². The summed E-state index contributed by atoms with van der Waals surface area (Å²) in [4.78, 5) is 2.52. The van der Waals surface area contributed by atoms with Gasteiger partial charge in [-0.25, -0.2) is 0 Å². The van der Waals surface area contributed by atoms with Crippen LogP contribution in [0.2, 0.25) is 0 Å². The molecule has 0 aromatic carbocycles. The molecule has 1 fully saturated rings. The molecule has 6 N–H and O–H groups in total. The number of nitrogens with zero attached hydrogens (tertiary/aromatic N) is 3. The average molecular weight is 367 g/mol. The van der Waals surface area contributed by atoms with Crippen molar-refractivity contribution in [2.24, 2.45) is 21.4 Å². The Morgan fingerprint density at radius 1 is 0.920 bits per heavy atom. The van der Waals surface area contributed by atoms with E-state index in [-0.39, 0.29) is 51.6 Å². The van der Waals surface area contributed by atoms with Gasteiger partial charge in [0.15, 0.2) is 0 Å². The lowest BCUT2D eigenvalue weighted by Gasteiger charge is -2.35. The molecule has 0 aromatic rings. The molecule has 1 aliphatic heterocycles. The lowest BCUT2D eigenvalue weighted by molar-refractivity contribution is -0.125. The lowest BCUT2D eigenvalue weighted by atomic mass is 9.90. The smallest absolute Gasteiger partial charge is 0.0564 e. The van der Waals surface area contributed by atoms with E-state index in [0.717, 1.165) is 13.2 Å². The van der Waals surface area contributed by atoms with Gasteiger partial charge in [-0.15, -0.1) is 0 Å². The van der Waals surface area contributed by atoms with Crippen molar-refractivity contribution < 1.29 is 35.4 Å². The Morgan fingerprint density at radius 3 is 1.44 bits per heavy atom. The van der Waals surface area contributed by atoms with Crippen molar-refractivity contribution in [2.75, 3.05) is 59.4 Å². The van der Waals surface area contributed by atoms with Crippen LogP contribution in [0.25, 0.3) is 10.4 Å². The second-order valence-corrected chi connectivity index (χ2v) is 7.26. The predicted octanol–water partition coefficient (Wildman–Crippen LogP) is -0.728. The van der Waals surface area contributed by atoms with Gasteiger partial charge >= 0.3 is 0 Å². The standard InChI is InChI=1S/C5H11N3O2.C5H12O3.C5H10O2/c1-5(3-9,4-10)2-7-8-6;1-5(2-6,3-7)4-8;1-5(2-6)3-7-4-5/h9-10H,2-4H2,1H3;6-8H,2-4H2,1H3;6H,2-4H2,1H3. The number of hydrogen-bond acceptors (Lipinski definition) is 8. The molecule has 0 unspecified atom stereocenters. The van der Waals surface area contributed by atoms with Crippen molar-refractivity contribution >= 4 is 0 Å². The quantitative estimate of drug-likeness (QED) is 0.186. The summed E-state index contributed by atoms with van der Waals surface area (Å²) < 4.78 is 4.87. The van der Waals surface area contributed by atoms with Gasteiger partial charge in [-0.05, 0) is 5.53 Å². The van der Waals surface area contributed by atoms with Crippen LogP contribution in [0.3, 0.4) is 0 Å². The summed E-state index contributed by atoms with van der Waals surface area (Å²) >= 11 is 0. The molecule has 1 aliphatic rings. The third-order valence-electron chi connectivity index (χ3n) is 3.71. The van der Waals surface area contributed by atoms with Crippen LogP contribution in [0, 0.1) is 16.2 Å². The topological polar surface area (TPSA) is 179 Å². The molecule has 1 saturated heterocycles. The van der Waals surface area contributed by atoms with Crippen LogP contribution in [-0.4, -0.2) is 90.0 Å². The molecule has 1 rings (SSSR count). The van der Waals surface area contributed by atoms with Gasteiger partial charge in [-0.3, -0.25) is 0 Å². The molecule has 0 bridgehead atoms. The Kier molecular flexibility index (Phi) is 13.9. The Bertz CT molecular complexity index is 364. The van der Waals surface area contributed by atoms with E-state index in [1.54, 1.807) is 13.8 Å². The number of azide groups is 1. The van der Waals surface area contributed by atoms with Crippen molar-refractivity contribution in [2.45, 2.75) is 20.8 Å². The van der Waals surface area contributed by atoms with E-state index in [1.165, 1.54) is 0 Å². The molecule has 0 aromatic heterocycles. The Balaban J connectivity index is 0. The summed E-state index contributed by atoms with van der Waals surface area (Å²) in [6.45, 7) is 6.19. The molecule has 150 valence electrons. The second kappa shape index (κ2) is 13.3. The minimum atomic E-state index is -0.708. The zero-order valence-corrected chi connectivity index (χ0v) is 15.3. The molecule has 1 heterocycles. The van der Waals surface area contributed by atoms with Crippen molar-refractivity contribution in [1.29, 1.82) is 0 Å². The maximum atomic E-state index is 8.67. The van der Waals surface area contributed by atoms with Crippen LogP contribution in [0.4, 0.5) is 0 Å². The first kappa shape index (κ1) is 26.3. The van der Waals surface area contributed by atoms with Crippen molar-refractivity contribution in [1.82, 2.24) is 0 Å². The summed E-state index contributed by atoms with van der Waals surface area (Å²) in [6.07, 6.45) is 0. The number of rotatable bonds is 8. The fourth-order valence-corrected chi connectivity index (χ4v) is 1.04. The molecule has 0 radical (unpaired) electrons. The highest BCUT2D eigenvalue weighted by atomic mass is 16.5. The van der Waals surface area contributed by atoms with Gasteiger partial charge in [0, 0.05) is 27.7 Å². The third-order valence-corrected chi connectivity index (χ3v) is 3.71. The fraction of sp³-hybridized carbons (Fsp3) is 1.00. The van der Waals surface area contributed by atoms with Crippen LogP contribution < -0.4 is 0 Å². The van der Waals surface area contributed by atoms with E-state index in [4.69, 9.17) is 40.9 Å². The van der Waals surface area contributed by atoms with E-state index in [1.807, 2.05) is 6.92 Å². The van der Waals surface area contributed by atoms with Gasteiger partial charge in [0.25, 0.3) is 0 Å². The Morgan fingerprint density at radius 2 is 1.32 bits per heavy atom. The highest BCUT2D eigenvalue weighted by Gasteiger charge is 2.32. The maximum Gasteiger partial charge on any atom is 0.0564 e. The zero-order chi connectivity index (χ0) is 20.0. The van der Waals surface area contributed by atoms with Crippen LogP contribution in [0.15, 0.2) is 5.11 Å². The van der Waals surface area contributed by atoms with Crippen LogP contribution in [0.5, 0.6) is 0 Å². The molecule has 10 heteroatoms. The molecular formula is C15H33N3O7. The minimum Gasteiger partial charge on any atom is -0.396 e. The minimum absolute atomic E-state index is 0.0972. The summed E-state index contributed by atoms with van der Waals surface area (Å²) in [7, 11) is 0. The van der Waals surface area contributed by atoms with E-state index in [9.17, 15) is 0 Å². The normalized spacial score (nSPS) is 15.6. The van der Waals surface area contributed by atoms with Gasteiger partial charge in [0.05, 0.1) is 52.9 Å². The van der Waals surface area contributed by atoms with Crippen molar-refractivity contribution in [3.05, 3.63) is 10.4 Å². The molecule has 0 atom stereocenters. The predicted molar refractivity (Wildman–Crippen MR) is 91.7 cm³/mol. The molecule has 25 heavy (non-hydrogen) atoms. The second-order valence-electron chi connectivity index (χ2n) is 7.26. The third kappa shape index (κ3) is 11.3. The zero-order valence-electron chi connectivity index (χ0n) is 15.3. The lowest BCUT2D eigenvalue weighted by Crippen LogP contribution is -2.42. The molecule has 10 nitrogen and oxygen atoms in total. The first-order valence-electron chi connectivity index (χ1n) is 7.87. The average Bonchev–Trinajstić information content (AvgIpc) is 2.64. The van der Waals surface area contributed by atoms with Crippen LogP contribution in [-0.2, 0) is 4.74 Å². The number of aliphatic hydroxyl groups is 6. The maximum absolute atomic E-state index is 8.67. The highest BCUT2D eigenvalue weighted by molar-refractivity contribution is 4.78. The van der Waals surface area contributed by atoms with Gasteiger partial charge in [0.1, 0.15) is 0 Å². The molecule has 0 aliphatic carbocycles. The van der Waals surface area contributed by atoms with Crippen molar-refractivity contribution in [3.63, 3.8) is 0 Å². The Labute approximate surface area is 148 Å². The molecule has 0 spiro atoms.